The Bertz CT molecular complexity index is 2880. The van der Waals surface area contributed by atoms with Gasteiger partial charge in [0, 0.05) is 6.42 Å². The molecule has 0 atom stereocenters. The van der Waals surface area contributed by atoms with Gasteiger partial charge in [0.2, 0.25) is 0 Å². The molecule has 0 aliphatic heterocycles. The maximum atomic E-state index is 11.4. The van der Waals surface area contributed by atoms with Crippen molar-refractivity contribution in [1.29, 1.82) is 0 Å². The van der Waals surface area contributed by atoms with Crippen molar-refractivity contribution in [3.63, 3.8) is 0 Å². The fourth-order valence-corrected chi connectivity index (χ4v) is 13.9. The van der Waals surface area contributed by atoms with E-state index in [9.17, 15) is 19.8 Å². The second-order valence-corrected chi connectivity index (χ2v) is 29.5. The molecule has 0 unspecified atom stereocenters. The molecule has 104 heavy (non-hydrogen) atoms. The van der Waals surface area contributed by atoms with E-state index in [1.165, 1.54) is 291 Å². The summed E-state index contributed by atoms with van der Waals surface area (Å²) in [5, 5.41) is 59.0. The van der Waals surface area contributed by atoms with Gasteiger partial charge in [0.25, 0.3) is 0 Å². The Kier molecular flexibility index (Phi) is 60.9. The fraction of sp³-hybridized carbons (Fsp3) is 0.677. The van der Waals surface area contributed by atoms with Gasteiger partial charge in [0.1, 0.15) is 17.2 Å². The number of unbranched alkanes of at least 4 members (excludes halogenated alkanes) is 40. The number of rotatable bonds is 59. The molecule has 4 N–H and O–H groups in total. The summed E-state index contributed by atoms with van der Waals surface area (Å²) in [5.41, 5.74) is 10.4. The van der Waals surface area contributed by atoms with E-state index in [-0.39, 0.29) is 27.6 Å². The summed E-state index contributed by atoms with van der Waals surface area (Å²) in [7, 11) is 0. The molecular formula is C93H148N2NiO8. The quantitative estimate of drug-likeness (QED) is 0.0146. The standard InChI is InChI=1S/C69H118N2.2C12H16O4.Ni/c1-7-13-15-17-19-21-23-25-26-27-28-29-30-31-32-33-34-35-36-37-38-39-41-43-45-47-49-55-69(71-67-59-57-63(51-10-4)65(61-67)53-12-6)68(54-48-46-44-42-40-24-22-20-18-16-14-8-2)70-66-58-56-62(50-9-3)64(60-66)52-11-5;2*1-2-3-4-5-8-6-7-9(13)11(14)10(8)12(15)16;/h56-61H,7-47,49-53,55H2,1-6H3;2*6-7,13-14H,2-5H2,1H3,(H,15,16);/q;;;+2/p-2. The number of phenols is 2. The molecule has 0 aliphatic carbocycles. The zero-order chi connectivity index (χ0) is 75.2. The number of hydrogen-bond acceptors (Lipinski definition) is 8. The molecule has 10 nitrogen and oxygen atoms in total. The van der Waals surface area contributed by atoms with Crippen LogP contribution in [0.1, 0.15) is 424 Å². The van der Waals surface area contributed by atoms with Gasteiger partial charge in [0.15, 0.2) is 0 Å². The molecule has 0 bridgehead atoms. The first-order chi connectivity index (χ1) is 50.2. The van der Waals surface area contributed by atoms with E-state index in [4.69, 9.17) is 30.4 Å². The summed E-state index contributed by atoms with van der Waals surface area (Å²) in [6.07, 6.45) is 69.8. The Morgan fingerprint density at radius 2 is 0.606 bits per heavy atom. The van der Waals surface area contributed by atoms with Crippen LogP contribution in [-0.2, 0) is 55.0 Å². The van der Waals surface area contributed by atoms with Crippen LogP contribution in [0.25, 0.3) is 0 Å². The molecule has 0 heterocycles. The molecule has 11 heteroatoms. The monoisotopic (exact) mass is 1480 g/mol. The van der Waals surface area contributed by atoms with Crippen molar-refractivity contribution in [3.8, 4) is 34.8 Å². The zero-order valence-corrected chi connectivity index (χ0v) is 68.3. The Morgan fingerprint density at radius 1 is 0.327 bits per heavy atom. The van der Waals surface area contributed by atoms with Crippen LogP contribution in [0, 0.1) is 11.8 Å². The zero-order valence-electron chi connectivity index (χ0n) is 67.3. The van der Waals surface area contributed by atoms with Crippen LogP contribution in [0.15, 0.2) is 70.6 Å². The molecular weight excluding hydrogens is 1330 g/mol. The van der Waals surface area contributed by atoms with Gasteiger partial charge in [-0.15, -0.1) is 0 Å². The van der Waals surface area contributed by atoms with E-state index < -0.39 is 34.9 Å². The number of carboxylic acid groups (broad SMARTS) is 2. The summed E-state index contributed by atoms with van der Waals surface area (Å²) >= 11 is 0. The first-order valence-electron chi connectivity index (χ1n) is 42.6. The van der Waals surface area contributed by atoms with Crippen molar-refractivity contribution >= 4 is 34.7 Å². The predicted octanol–water partition coefficient (Wildman–Crippen LogP) is 27.4. The van der Waals surface area contributed by atoms with Crippen LogP contribution < -0.4 is 10.2 Å². The van der Waals surface area contributed by atoms with Crippen LogP contribution in [0.3, 0.4) is 0 Å². The summed E-state index contributed by atoms with van der Waals surface area (Å²) < 4.78 is 0. The van der Waals surface area contributed by atoms with Gasteiger partial charge >= 0.3 is 28.4 Å². The van der Waals surface area contributed by atoms with Gasteiger partial charge in [-0.05, 0) is 146 Å². The number of aromatic carboxylic acids is 2. The summed E-state index contributed by atoms with van der Waals surface area (Å²) in [6, 6.07) is 19.5. The summed E-state index contributed by atoms with van der Waals surface area (Å²) in [4.78, 5) is 32.8. The third-order valence-electron chi connectivity index (χ3n) is 20.1. The van der Waals surface area contributed by atoms with Crippen molar-refractivity contribution in [3.05, 3.63) is 105 Å². The molecule has 0 radical (unpaired) electrons. The van der Waals surface area contributed by atoms with E-state index in [0.29, 0.717) is 24.0 Å². The first-order valence-corrected chi connectivity index (χ1v) is 42.6. The Morgan fingerprint density at radius 3 is 0.923 bits per heavy atom. The summed E-state index contributed by atoms with van der Waals surface area (Å²) in [6.45, 7) is 17.9. The van der Waals surface area contributed by atoms with E-state index in [2.05, 4.69) is 89.8 Å². The molecule has 0 spiro atoms. The Balaban J connectivity index is 0.00000132. The normalized spacial score (nSPS) is 11.3. The van der Waals surface area contributed by atoms with Crippen LogP contribution in [0.4, 0.5) is 11.4 Å². The number of benzene rings is 4. The maximum Gasteiger partial charge on any atom is 2.00 e. The van der Waals surface area contributed by atoms with Crippen LogP contribution in [-0.4, -0.2) is 43.8 Å². The average molecular weight is 1480 g/mol. The van der Waals surface area contributed by atoms with Crippen molar-refractivity contribution in [2.45, 2.75) is 409 Å². The largest absolute Gasteiger partial charge is 2.00 e. The number of nitrogens with zero attached hydrogens (tertiary/aromatic N) is 2. The van der Waals surface area contributed by atoms with Crippen molar-refractivity contribution in [1.82, 2.24) is 0 Å². The first kappa shape index (κ1) is 96.4. The van der Waals surface area contributed by atoms with Crippen LogP contribution >= 0.6 is 0 Å². The second-order valence-electron chi connectivity index (χ2n) is 29.5. The molecule has 0 aliphatic rings. The number of aryl methyl sites for hydroxylation is 6. The SMILES string of the molecule is CCCCCCCCCCCCC#CC(=Nc1ccc(CCC)c(CCC)c1)C(CCCCCCCCCCCCCCCCCCCCCCCCCCCCC)=Nc1ccc(CCC)c(CCC)c1.CCCCCc1ccc(O)c([O-])c1C(=O)O.CCCCCc1ccc(O)c([O-])c1C(=O)O.[Ni+2]. The molecule has 0 aromatic heterocycles. The third-order valence-corrected chi connectivity index (χ3v) is 20.1. The van der Waals surface area contributed by atoms with Gasteiger partial charge in [-0.3, -0.25) is 4.99 Å². The smallest absolute Gasteiger partial charge is 0.869 e. The van der Waals surface area contributed by atoms with Gasteiger partial charge < -0.3 is 30.6 Å². The number of phenolic OH excluding ortho intramolecular Hbond substituents is 2. The Labute approximate surface area is 646 Å². The summed E-state index contributed by atoms with van der Waals surface area (Å²) in [5.74, 6) is 2.18. The number of carboxylic acids is 2. The molecule has 4 aromatic rings. The van der Waals surface area contributed by atoms with E-state index in [0.717, 1.165) is 119 Å². The second kappa shape index (κ2) is 65.7. The van der Waals surface area contributed by atoms with E-state index in [1.54, 1.807) is 0 Å². The number of aliphatic imine (C=N–C) groups is 2. The van der Waals surface area contributed by atoms with E-state index >= 15 is 0 Å². The van der Waals surface area contributed by atoms with Gasteiger partial charge in [-0.1, -0.05) is 373 Å². The maximum absolute atomic E-state index is 11.4. The Hall–Kier alpha value is -5.59. The molecule has 0 saturated carbocycles. The molecule has 0 fully saturated rings. The van der Waals surface area contributed by atoms with E-state index in [1.807, 2.05) is 13.8 Å². The number of carbonyl (C=O) groups is 2. The number of aromatic hydroxyl groups is 2. The average Bonchev–Trinajstić information content (AvgIpc) is 0.835. The minimum atomic E-state index is -1.27. The number of hydrogen-bond donors (Lipinski definition) is 4. The van der Waals surface area contributed by atoms with Crippen molar-refractivity contribution in [2.24, 2.45) is 9.98 Å². The molecule has 4 aromatic carbocycles. The van der Waals surface area contributed by atoms with Crippen molar-refractivity contribution < 1.29 is 56.7 Å². The van der Waals surface area contributed by atoms with Gasteiger partial charge in [-0.2, -0.15) is 0 Å². The van der Waals surface area contributed by atoms with Crippen LogP contribution in [0.2, 0.25) is 0 Å². The minimum absolute atomic E-state index is 0. The van der Waals surface area contributed by atoms with Gasteiger partial charge in [0.05, 0.1) is 28.2 Å². The van der Waals surface area contributed by atoms with Crippen molar-refractivity contribution in [2.75, 3.05) is 0 Å². The molecule has 4 rings (SSSR count). The fourth-order valence-electron chi connectivity index (χ4n) is 13.9. The van der Waals surface area contributed by atoms with Crippen LogP contribution in [0.5, 0.6) is 23.0 Å². The topological polar surface area (TPSA) is 186 Å². The minimum Gasteiger partial charge on any atom is -0.869 e. The molecule has 0 amide bonds. The molecule has 0 saturated heterocycles. The predicted molar refractivity (Wildman–Crippen MR) is 438 cm³/mol. The van der Waals surface area contributed by atoms with Gasteiger partial charge in [-0.25, -0.2) is 14.6 Å². The molecule has 588 valence electrons. The third kappa shape index (κ3) is 45.2.